The summed E-state index contributed by atoms with van der Waals surface area (Å²) in [7, 11) is 0. The Morgan fingerprint density at radius 1 is 1.47 bits per heavy atom. The lowest BCUT2D eigenvalue weighted by molar-refractivity contribution is 0.0949. The van der Waals surface area contributed by atoms with Crippen molar-refractivity contribution in [2.24, 2.45) is 0 Å². The topological polar surface area (TPSA) is 85.8 Å². The molecule has 1 aromatic heterocycles. The quantitative estimate of drug-likeness (QED) is 0.891. The second kappa shape index (κ2) is 5.71. The van der Waals surface area contributed by atoms with Crippen molar-refractivity contribution in [3.05, 3.63) is 35.0 Å². The highest BCUT2D eigenvalue weighted by atomic mass is 35.5. The normalized spacial score (nSPS) is 10.4. The number of hydrogen-bond donors (Lipinski definition) is 2. The standard InChI is InChI=1S/C12H14ClN5O/c1-2-6-15-12(19)10-11(14)17-18(16-10)9-5-3-4-8(13)7-9/h3-5,7H,2,6H2,1H3,(H2,14,17)(H,15,19). The molecule has 1 heterocycles. The van der Waals surface area contributed by atoms with E-state index >= 15 is 0 Å². The maximum absolute atomic E-state index is 11.8. The van der Waals surface area contributed by atoms with Crippen LogP contribution in [-0.2, 0) is 0 Å². The third-order valence-electron chi connectivity index (χ3n) is 2.43. The van der Waals surface area contributed by atoms with Gasteiger partial charge in [0.25, 0.3) is 5.91 Å². The van der Waals surface area contributed by atoms with E-state index in [4.69, 9.17) is 17.3 Å². The molecule has 0 radical (unpaired) electrons. The van der Waals surface area contributed by atoms with Crippen LogP contribution in [0.25, 0.3) is 5.69 Å². The van der Waals surface area contributed by atoms with Gasteiger partial charge in [-0.1, -0.05) is 24.6 Å². The first kappa shape index (κ1) is 13.4. The van der Waals surface area contributed by atoms with Crippen LogP contribution in [0.3, 0.4) is 0 Å². The Bertz CT molecular complexity index is 596. The summed E-state index contributed by atoms with van der Waals surface area (Å²) in [5.74, 6) is -0.235. The third kappa shape index (κ3) is 3.03. The van der Waals surface area contributed by atoms with E-state index in [1.165, 1.54) is 4.80 Å². The van der Waals surface area contributed by atoms with Crippen molar-refractivity contribution < 1.29 is 4.79 Å². The molecule has 1 amide bonds. The van der Waals surface area contributed by atoms with Crippen LogP contribution in [-0.4, -0.2) is 27.4 Å². The smallest absolute Gasteiger partial charge is 0.275 e. The lowest BCUT2D eigenvalue weighted by Crippen LogP contribution is -2.25. The fourth-order valence-electron chi connectivity index (χ4n) is 1.52. The minimum absolute atomic E-state index is 0.0913. The lowest BCUT2D eigenvalue weighted by Gasteiger charge is -2.00. The Morgan fingerprint density at radius 3 is 2.95 bits per heavy atom. The van der Waals surface area contributed by atoms with Crippen LogP contribution in [0.15, 0.2) is 24.3 Å². The molecule has 0 saturated carbocycles. The number of benzene rings is 1. The van der Waals surface area contributed by atoms with E-state index in [1.54, 1.807) is 24.3 Å². The Kier molecular flexibility index (Phi) is 4.01. The summed E-state index contributed by atoms with van der Waals surface area (Å²) in [6.07, 6.45) is 0.841. The summed E-state index contributed by atoms with van der Waals surface area (Å²) in [4.78, 5) is 13.1. The van der Waals surface area contributed by atoms with Gasteiger partial charge in [-0.15, -0.1) is 15.0 Å². The summed E-state index contributed by atoms with van der Waals surface area (Å²) in [5, 5.41) is 11.4. The molecule has 7 heteroatoms. The predicted molar refractivity (Wildman–Crippen MR) is 73.4 cm³/mol. The largest absolute Gasteiger partial charge is 0.380 e. The van der Waals surface area contributed by atoms with Gasteiger partial charge in [0.2, 0.25) is 0 Å². The Hall–Kier alpha value is -2.08. The average Bonchev–Trinajstić information content (AvgIpc) is 2.78. The number of halogens is 1. The number of amides is 1. The summed E-state index contributed by atoms with van der Waals surface area (Å²) < 4.78 is 0. The van der Waals surface area contributed by atoms with Gasteiger partial charge in [0.05, 0.1) is 5.69 Å². The molecule has 2 aromatic rings. The number of carbonyl (C=O) groups is 1. The zero-order valence-corrected chi connectivity index (χ0v) is 11.2. The molecule has 100 valence electrons. The number of rotatable bonds is 4. The van der Waals surface area contributed by atoms with Gasteiger partial charge in [-0.25, -0.2) is 0 Å². The van der Waals surface area contributed by atoms with E-state index in [0.717, 1.165) is 6.42 Å². The summed E-state index contributed by atoms with van der Waals surface area (Å²) >= 11 is 5.89. The number of nitrogen functional groups attached to an aromatic ring is 1. The van der Waals surface area contributed by atoms with Crippen LogP contribution in [0.1, 0.15) is 23.8 Å². The second-order valence-corrected chi connectivity index (χ2v) is 4.40. The van der Waals surface area contributed by atoms with Gasteiger partial charge in [0, 0.05) is 11.6 Å². The first-order chi connectivity index (χ1) is 9.11. The Morgan fingerprint density at radius 2 is 2.26 bits per heavy atom. The first-order valence-electron chi connectivity index (χ1n) is 5.88. The number of nitrogens with zero attached hydrogens (tertiary/aromatic N) is 3. The molecule has 6 nitrogen and oxygen atoms in total. The summed E-state index contributed by atoms with van der Waals surface area (Å²) in [6.45, 7) is 2.54. The van der Waals surface area contributed by atoms with Gasteiger partial charge in [0.1, 0.15) is 0 Å². The maximum Gasteiger partial charge on any atom is 0.275 e. The van der Waals surface area contributed by atoms with Gasteiger partial charge < -0.3 is 11.1 Å². The van der Waals surface area contributed by atoms with Crippen molar-refractivity contribution in [1.82, 2.24) is 20.3 Å². The molecule has 0 bridgehead atoms. The molecule has 0 aliphatic carbocycles. The molecule has 0 atom stereocenters. The van der Waals surface area contributed by atoms with Crippen molar-refractivity contribution >= 4 is 23.3 Å². The zero-order chi connectivity index (χ0) is 13.8. The van der Waals surface area contributed by atoms with E-state index in [0.29, 0.717) is 17.3 Å². The fraction of sp³-hybridized carbons (Fsp3) is 0.250. The second-order valence-electron chi connectivity index (χ2n) is 3.96. The molecule has 0 saturated heterocycles. The highest BCUT2D eigenvalue weighted by molar-refractivity contribution is 6.30. The van der Waals surface area contributed by atoms with Crippen LogP contribution >= 0.6 is 11.6 Å². The summed E-state index contributed by atoms with van der Waals surface area (Å²) in [6, 6.07) is 6.98. The zero-order valence-electron chi connectivity index (χ0n) is 10.4. The highest BCUT2D eigenvalue weighted by Gasteiger charge is 2.16. The molecule has 1 aromatic carbocycles. The van der Waals surface area contributed by atoms with Crippen LogP contribution in [0.2, 0.25) is 5.02 Å². The first-order valence-corrected chi connectivity index (χ1v) is 6.26. The van der Waals surface area contributed by atoms with E-state index in [1.807, 2.05) is 6.92 Å². The van der Waals surface area contributed by atoms with Crippen LogP contribution < -0.4 is 11.1 Å². The molecular weight excluding hydrogens is 266 g/mol. The van der Waals surface area contributed by atoms with Crippen molar-refractivity contribution in [2.45, 2.75) is 13.3 Å². The van der Waals surface area contributed by atoms with E-state index < -0.39 is 0 Å². The van der Waals surface area contributed by atoms with Crippen LogP contribution in [0.5, 0.6) is 0 Å². The monoisotopic (exact) mass is 279 g/mol. The predicted octanol–water partition coefficient (Wildman–Crippen LogP) is 1.64. The van der Waals surface area contributed by atoms with Gasteiger partial charge in [0.15, 0.2) is 11.5 Å². The molecule has 0 aliphatic rings. The molecule has 0 spiro atoms. The summed E-state index contributed by atoms with van der Waals surface area (Å²) in [5.41, 5.74) is 6.47. The van der Waals surface area contributed by atoms with Crippen LogP contribution in [0, 0.1) is 0 Å². The molecular formula is C12H14ClN5O. The van der Waals surface area contributed by atoms with Gasteiger partial charge in [-0.2, -0.15) is 0 Å². The van der Waals surface area contributed by atoms with Crippen LogP contribution in [0.4, 0.5) is 5.82 Å². The SMILES string of the molecule is CCCNC(=O)c1nn(-c2cccc(Cl)c2)nc1N. The van der Waals surface area contributed by atoms with Gasteiger partial charge >= 0.3 is 0 Å². The van der Waals surface area contributed by atoms with Crippen molar-refractivity contribution in [1.29, 1.82) is 0 Å². The molecule has 0 fully saturated rings. The average molecular weight is 280 g/mol. The maximum atomic E-state index is 11.8. The molecule has 0 unspecified atom stereocenters. The number of nitrogens with one attached hydrogen (secondary N) is 1. The molecule has 3 N–H and O–H groups in total. The highest BCUT2D eigenvalue weighted by Crippen LogP contribution is 2.15. The van der Waals surface area contributed by atoms with E-state index in [9.17, 15) is 4.79 Å². The van der Waals surface area contributed by atoms with E-state index in [-0.39, 0.29) is 17.4 Å². The fourth-order valence-corrected chi connectivity index (χ4v) is 1.70. The number of aromatic nitrogens is 3. The lowest BCUT2D eigenvalue weighted by atomic mass is 10.3. The van der Waals surface area contributed by atoms with Crippen molar-refractivity contribution in [2.75, 3.05) is 12.3 Å². The van der Waals surface area contributed by atoms with Crippen molar-refractivity contribution in [3.8, 4) is 5.69 Å². The van der Waals surface area contributed by atoms with E-state index in [2.05, 4.69) is 15.5 Å². The number of hydrogen-bond acceptors (Lipinski definition) is 4. The van der Waals surface area contributed by atoms with Gasteiger partial charge in [-0.3, -0.25) is 4.79 Å². The minimum atomic E-state index is -0.326. The number of carbonyl (C=O) groups excluding carboxylic acids is 1. The third-order valence-corrected chi connectivity index (χ3v) is 2.66. The van der Waals surface area contributed by atoms with Crippen molar-refractivity contribution in [3.63, 3.8) is 0 Å². The molecule has 0 aliphatic heterocycles. The Labute approximate surface area is 115 Å². The number of anilines is 1. The Balaban J connectivity index is 2.28. The molecule has 19 heavy (non-hydrogen) atoms. The minimum Gasteiger partial charge on any atom is -0.380 e. The number of nitrogens with two attached hydrogens (primary N) is 1. The van der Waals surface area contributed by atoms with Gasteiger partial charge in [-0.05, 0) is 24.6 Å². The molecule has 2 rings (SSSR count).